The molecule has 0 saturated heterocycles. The molecule has 5 heteroatoms. The molecule has 0 bridgehead atoms. The number of benzene rings is 2. The Morgan fingerprint density at radius 2 is 1.74 bits per heavy atom. The van der Waals surface area contributed by atoms with Crippen molar-refractivity contribution in [2.45, 2.75) is 24.2 Å². The maximum Gasteiger partial charge on any atom is 0.240 e. The number of halogens is 1. The van der Waals surface area contributed by atoms with Gasteiger partial charge in [0.05, 0.1) is 4.90 Å². The molecule has 2 rings (SSSR count). The minimum atomic E-state index is -3.52. The summed E-state index contributed by atoms with van der Waals surface area (Å²) in [5.41, 5.74) is 2.05. The molecule has 0 amide bonds. The first-order chi connectivity index (χ1) is 10.9. The number of nitrogens with one attached hydrogen (secondary N) is 1. The van der Waals surface area contributed by atoms with Gasteiger partial charge in [0.1, 0.15) is 0 Å². The van der Waals surface area contributed by atoms with E-state index in [1.54, 1.807) is 42.5 Å². The minimum absolute atomic E-state index is 0.0185. The van der Waals surface area contributed by atoms with E-state index in [9.17, 15) is 8.42 Å². The van der Waals surface area contributed by atoms with Crippen LogP contribution in [0.2, 0.25) is 5.02 Å². The van der Waals surface area contributed by atoms with Crippen LogP contribution in [-0.4, -0.2) is 15.0 Å². The highest BCUT2D eigenvalue weighted by atomic mass is 35.5. The lowest BCUT2D eigenvalue weighted by Gasteiger charge is -2.17. The number of hydrogen-bond donors (Lipinski definition) is 1. The average molecular weight is 350 g/mol. The third-order valence-corrected chi connectivity index (χ3v) is 5.34. The van der Waals surface area contributed by atoms with Gasteiger partial charge < -0.3 is 0 Å². The zero-order valence-electron chi connectivity index (χ0n) is 13.0. The second kappa shape index (κ2) is 7.77. The molecule has 0 radical (unpaired) electrons. The van der Waals surface area contributed by atoms with Crippen LogP contribution in [-0.2, 0) is 10.0 Å². The summed E-state index contributed by atoms with van der Waals surface area (Å²) in [6, 6.07) is 14.2. The second-order valence-electron chi connectivity index (χ2n) is 5.44. The van der Waals surface area contributed by atoms with E-state index in [-0.39, 0.29) is 10.8 Å². The van der Waals surface area contributed by atoms with Crippen molar-refractivity contribution in [2.75, 3.05) is 6.54 Å². The fourth-order valence-electron chi connectivity index (χ4n) is 2.28. The Kier molecular flexibility index (Phi) is 5.99. The topological polar surface area (TPSA) is 46.2 Å². The lowest BCUT2D eigenvalue weighted by Crippen LogP contribution is -2.28. The van der Waals surface area contributed by atoms with Crippen LogP contribution < -0.4 is 4.72 Å². The van der Waals surface area contributed by atoms with Crippen molar-refractivity contribution < 1.29 is 8.42 Å². The zero-order valence-corrected chi connectivity index (χ0v) is 14.6. The highest BCUT2D eigenvalue weighted by molar-refractivity contribution is 7.89. The quantitative estimate of drug-likeness (QED) is 0.758. The SMILES string of the molecule is C=CCC(CNS(=O)(=O)c1ccc(C)cc1)c1ccc(Cl)cc1. The number of rotatable bonds is 7. The Morgan fingerprint density at radius 3 is 2.30 bits per heavy atom. The smallest absolute Gasteiger partial charge is 0.211 e. The molecule has 0 saturated carbocycles. The van der Waals surface area contributed by atoms with Gasteiger partial charge in [-0.3, -0.25) is 0 Å². The lowest BCUT2D eigenvalue weighted by atomic mass is 9.96. The van der Waals surface area contributed by atoms with Crippen LogP contribution >= 0.6 is 11.6 Å². The Labute approximate surface area is 143 Å². The third kappa shape index (κ3) is 4.93. The van der Waals surface area contributed by atoms with Crippen LogP contribution in [0.1, 0.15) is 23.5 Å². The molecule has 1 N–H and O–H groups in total. The second-order valence-corrected chi connectivity index (χ2v) is 7.64. The Bertz CT molecular complexity index is 753. The van der Waals surface area contributed by atoms with Crippen LogP contribution in [0.25, 0.3) is 0 Å². The molecule has 0 fully saturated rings. The van der Waals surface area contributed by atoms with Gasteiger partial charge in [0, 0.05) is 17.5 Å². The van der Waals surface area contributed by atoms with Gasteiger partial charge in [-0.1, -0.05) is 47.5 Å². The van der Waals surface area contributed by atoms with Gasteiger partial charge in [0.25, 0.3) is 0 Å². The standard InChI is InChI=1S/C18H20ClNO2S/c1-3-4-16(15-7-9-17(19)10-8-15)13-20-23(21,22)18-11-5-14(2)6-12-18/h3,5-12,16,20H,1,4,13H2,2H3. The normalized spacial score (nSPS) is 12.8. The molecule has 2 aromatic rings. The third-order valence-electron chi connectivity index (χ3n) is 3.64. The molecular weight excluding hydrogens is 330 g/mol. The van der Waals surface area contributed by atoms with Crippen molar-refractivity contribution in [1.82, 2.24) is 4.72 Å². The van der Waals surface area contributed by atoms with Gasteiger partial charge in [-0.25, -0.2) is 13.1 Å². The molecule has 0 heterocycles. The highest BCUT2D eigenvalue weighted by Crippen LogP contribution is 2.22. The van der Waals surface area contributed by atoms with Crippen LogP contribution in [0.3, 0.4) is 0 Å². The van der Waals surface area contributed by atoms with E-state index >= 15 is 0 Å². The first-order valence-corrected chi connectivity index (χ1v) is 9.21. The zero-order chi connectivity index (χ0) is 16.9. The lowest BCUT2D eigenvalue weighted by molar-refractivity contribution is 0.570. The molecule has 2 aromatic carbocycles. The van der Waals surface area contributed by atoms with Crippen LogP contribution in [0.5, 0.6) is 0 Å². The van der Waals surface area contributed by atoms with E-state index in [1.165, 1.54) is 0 Å². The fraction of sp³-hybridized carbons (Fsp3) is 0.222. The maximum atomic E-state index is 12.4. The summed E-state index contributed by atoms with van der Waals surface area (Å²) in [6.07, 6.45) is 2.47. The summed E-state index contributed by atoms with van der Waals surface area (Å²) >= 11 is 5.90. The predicted molar refractivity (Wildman–Crippen MR) is 95.4 cm³/mol. The van der Waals surface area contributed by atoms with E-state index in [1.807, 2.05) is 19.1 Å². The maximum absolute atomic E-state index is 12.4. The molecule has 1 atom stereocenters. The Balaban J connectivity index is 2.13. The molecule has 23 heavy (non-hydrogen) atoms. The van der Waals surface area contributed by atoms with Gasteiger partial charge in [0.2, 0.25) is 10.0 Å². The van der Waals surface area contributed by atoms with Gasteiger partial charge >= 0.3 is 0 Å². The molecule has 3 nitrogen and oxygen atoms in total. The summed E-state index contributed by atoms with van der Waals surface area (Å²) in [6.45, 7) is 5.98. The monoisotopic (exact) mass is 349 g/mol. The van der Waals surface area contributed by atoms with Crippen molar-refractivity contribution in [3.8, 4) is 0 Å². The molecule has 0 aliphatic rings. The molecule has 0 spiro atoms. The van der Waals surface area contributed by atoms with Gasteiger partial charge in [-0.2, -0.15) is 0 Å². The number of hydrogen-bond acceptors (Lipinski definition) is 2. The van der Waals surface area contributed by atoms with Crippen LogP contribution in [0.15, 0.2) is 66.1 Å². The Hall–Kier alpha value is -1.62. The number of sulfonamides is 1. The summed E-state index contributed by atoms with van der Waals surface area (Å²) in [5.74, 6) is 0.0185. The Morgan fingerprint density at radius 1 is 1.13 bits per heavy atom. The van der Waals surface area contributed by atoms with Crippen molar-refractivity contribution in [2.24, 2.45) is 0 Å². The average Bonchev–Trinajstić information content (AvgIpc) is 2.53. The highest BCUT2D eigenvalue weighted by Gasteiger charge is 2.17. The molecule has 122 valence electrons. The van der Waals surface area contributed by atoms with Gasteiger partial charge in [0.15, 0.2) is 0 Å². The van der Waals surface area contributed by atoms with Crippen LogP contribution in [0.4, 0.5) is 0 Å². The molecule has 0 aromatic heterocycles. The van der Waals surface area contributed by atoms with Crippen molar-refractivity contribution >= 4 is 21.6 Å². The van der Waals surface area contributed by atoms with Crippen LogP contribution in [0, 0.1) is 6.92 Å². The van der Waals surface area contributed by atoms with Crippen molar-refractivity contribution in [3.63, 3.8) is 0 Å². The fourth-order valence-corrected chi connectivity index (χ4v) is 3.49. The summed E-state index contributed by atoms with van der Waals surface area (Å²) in [7, 11) is -3.52. The molecule has 0 aliphatic heterocycles. The first kappa shape index (κ1) is 17.7. The molecular formula is C18H20ClNO2S. The molecule has 0 aliphatic carbocycles. The largest absolute Gasteiger partial charge is 0.240 e. The van der Waals surface area contributed by atoms with E-state index in [0.29, 0.717) is 18.0 Å². The van der Waals surface area contributed by atoms with Gasteiger partial charge in [-0.05, 0) is 43.2 Å². The van der Waals surface area contributed by atoms with E-state index < -0.39 is 10.0 Å². The first-order valence-electron chi connectivity index (χ1n) is 7.35. The van der Waals surface area contributed by atoms with Gasteiger partial charge in [-0.15, -0.1) is 6.58 Å². The van der Waals surface area contributed by atoms with E-state index in [4.69, 9.17) is 11.6 Å². The number of aryl methyl sites for hydroxylation is 1. The predicted octanol–water partition coefficient (Wildman–Crippen LogP) is 4.29. The van der Waals surface area contributed by atoms with Crippen molar-refractivity contribution in [1.29, 1.82) is 0 Å². The summed E-state index contributed by atoms with van der Waals surface area (Å²) in [5, 5.41) is 0.659. The summed E-state index contributed by atoms with van der Waals surface area (Å²) < 4.78 is 27.4. The number of allylic oxidation sites excluding steroid dienone is 1. The summed E-state index contributed by atoms with van der Waals surface area (Å²) in [4.78, 5) is 0.275. The molecule has 1 unspecified atom stereocenters. The van der Waals surface area contributed by atoms with Crippen molar-refractivity contribution in [3.05, 3.63) is 77.3 Å². The van der Waals surface area contributed by atoms with E-state index in [0.717, 1.165) is 11.1 Å². The van der Waals surface area contributed by atoms with E-state index in [2.05, 4.69) is 11.3 Å². The minimum Gasteiger partial charge on any atom is -0.211 e.